The van der Waals surface area contributed by atoms with E-state index < -0.39 is 5.97 Å². The van der Waals surface area contributed by atoms with E-state index in [1.165, 1.54) is 13.3 Å². The molecule has 128 valence electrons. The van der Waals surface area contributed by atoms with Gasteiger partial charge in [0.1, 0.15) is 0 Å². The third-order valence-electron chi connectivity index (χ3n) is 3.40. The fraction of sp³-hybridized carbons (Fsp3) is 0.312. The van der Waals surface area contributed by atoms with E-state index in [9.17, 15) is 4.79 Å². The van der Waals surface area contributed by atoms with Gasteiger partial charge in [-0.05, 0) is 58.2 Å². The third kappa shape index (κ3) is 3.75. The van der Waals surface area contributed by atoms with Gasteiger partial charge in [-0.1, -0.05) is 25.4 Å². The quantitative estimate of drug-likeness (QED) is 0.299. The largest absolute Gasteiger partial charge is 0.465 e. The highest BCUT2D eigenvalue weighted by Crippen LogP contribution is 2.41. The topological polar surface area (TPSA) is 78.1 Å². The first-order valence-electron chi connectivity index (χ1n) is 7.14. The van der Waals surface area contributed by atoms with Crippen molar-refractivity contribution < 1.29 is 9.53 Å². The zero-order chi connectivity index (χ0) is 18.0. The summed E-state index contributed by atoms with van der Waals surface area (Å²) in [5.74, 6) is -0.215. The van der Waals surface area contributed by atoms with E-state index in [0.717, 1.165) is 15.6 Å². The summed E-state index contributed by atoms with van der Waals surface area (Å²) in [6, 6.07) is 1.67. The molecule has 0 aliphatic rings. The third-order valence-corrected chi connectivity index (χ3v) is 5.16. The number of nitrogen functional groups attached to an aromatic ring is 1. The fourth-order valence-corrected chi connectivity index (χ4v) is 3.86. The molecule has 1 aromatic heterocycles. The van der Waals surface area contributed by atoms with Crippen LogP contribution in [0.5, 0.6) is 0 Å². The molecule has 0 saturated carbocycles. The maximum Gasteiger partial charge on any atom is 0.340 e. The molecule has 0 fully saturated rings. The summed E-state index contributed by atoms with van der Waals surface area (Å²) >= 11 is 14.5. The van der Waals surface area contributed by atoms with Gasteiger partial charge < -0.3 is 10.5 Å². The molecule has 8 heteroatoms. The highest BCUT2D eigenvalue weighted by molar-refractivity contribution is 14.1. The number of aromatic nitrogens is 2. The van der Waals surface area contributed by atoms with Crippen molar-refractivity contribution in [3.63, 3.8) is 0 Å². The summed E-state index contributed by atoms with van der Waals surface area (Å²) in [5.41, 5.74) is 8.70. The zero-order valence-corrected chi connectivity index (χ0v) is 17.0. The lowest BCUT2D eigenvalue weighted by atomic mass is 9.94. The number of hydrogen-bond acceptors (Lipinski definition) is 5. The predicted molar refractivity (Wildman–Crippen MR) is 104 cm³/mol. The first kappa shape index (κ1) is 19.2. The molecule has 0 radical (unpaired) electrons. The molecule has 24 heavy (non-hydrogen) atoms. The van der Waals surface area contributed by atoms with Gasteiger partial charge >= 0.3 is 5.97 Å². The number of halogens is 3. The van der Waals surface area contributed by atoms with Crippen molar-refractivity contribution in [2.75, 3.05) is 12.8 Å². The van der Waals surface area contributed by atoms with Crippen molar-refractivity contribution in [3.05, 3.63) is 37.3 Å². The van der Waals surface area contributed by atoms with Crippen molar-refractivity contribution in [2.24, 2.45) is 5.92 Å². The molecule has 0 aliphatic carbocycles. The lowest BCUT2D eigenvalue weighted by Gasteiger charge is -2.19. The molecule has 0 aliphatic heterocycles. The van der Waals surface area contributed by atoms with Crippen molar-refractivity contribution >= 4 is 57.4 Å². The van der Waals surface area contributed by atoms with Crippen LogP contribution in [0, 0.1) is 9.49 Å². The Balaban J connectivity index is 2.87. The number of hydrogen-bond donors (Lipinski definition) is 1. The van der Waals surface area contributed by atoms with Crippen LogP contribution in [0.3, 0.4) is 0 Å². The van der Waals surface area contributed by atoms with Crippen molar-refractivity contribution in [1.29, 1.82) is 0 Å². The molecular weight excluding hydrogens is 464 g/mol. The molecule has 2 rings (SSSR count). The number of carbonyl (C=O) groups excluding carboxylic acids is 1. The van der Waals surface area contributed by atoms with E-state index in [0.29, 0.717) is 22.9 Å². The second-order valence-electron chi connectivity index (χ2n) is 5.57. The lowest BCUT2D eigenvalue weighted by Crippen LogP contribution is -2.13. The first-order chi connectivity index (χ1) is 11.3. The van der Waals surface area contributed by atoms with Crippen LogP contribution in [0.25, 0.3) is 11.3 Å². The van der Waals surface area contributed by atoms with Crippen LogP contribution in [0.2, 0.25) is 10.3 Å². The lowest BCUT2D eigenvalue weighted by molar-refractivity contribution is 0.0601. The number of esters is 1. The Bertz CT molecular complexity index is 797. The van der Waals surface area contributed by atoms with Crippen LogP contribution in [0.4, 0.5) is 5.69 Å². The number of methoxy groups -OCH3 is 1. The molecule has 0 unspecified atom stereocenters. The van der Waals surface area contributed by atoms with E-state index in [2.05, 4.69) is 46.4 Å². The van der Waals surface area contributed by atoms with Gasteiger partial charge in [-0.15, -0.1) is 0 Å². The van der Waals surface area contributed by atoms with Gasteiger partial charge in [0.05, 0.1) is 29.1 Å². The Hall–Kier alpha value is -1.12. The molecule has 2 aromatic rings. The Labute approximate surface area is 164 Å². The smallest absolute Gasteiger partial charge is 0.340 e. The minimum Gasteiger partial charge on any atom is -0.465 e. The standard InChI is InChI=1S/C16H16Cl2IN3O2/c1-7(2)6-8-13(19)10(9-4-5-21-16(18)22-9)11(15(23)24-3)12(17)14(8)20/h4-5,7H,6,20H2,1-3H3. The van der Waals surface area contributed by atoms with E-state index in [4.69, 9.17) is 33.7 Å². The molecule has 0 saturated heterocycles. The molecule has 1 heterocycles. The SMILES string of the molecule is COC(=O)c1c(Cl)c(N)c(CC(C)C)c(I)c1-c1ccnc(Cl)n1. The van der Waals surface area contributed by atoms with Crippen molar-refractivity contribution in [3.8, 4) is 11.3 Å². The number of rotatable bonds is 4. The van der Waals surface area contributed by atoms with Gasteiger partial charge in [-0.3, -0.25) is 0 Å². The Morgan fingerprint density at radius 1 is 1.42 bits per heavy atom. The molecule has 2 N–H and O–H groups in total. The summed E-state index contributed by atoms with van der Waals surface area (Å²) < 4.78 is 5.69. The van der Waals surface area contributed by atoms with Crippen LogP contribution < -0.4 is 5.73 Å². The number of nitrogens with two attached hydrogens (primary N) is 1. The van der Waals surface area contributed by atoms with Crippen molar-refractivity contribution in [2.45, 2.75) is 20.3 Å². The Morgan fingerprint density at radius 3 is 2.62 bits per heavy atom. The number of ether oxygens (including phenoxy) is 1. The van der Waals surface area contributed by atoms with Gasteiger partial charge in [0, 0.05) is 15.3 Å². The van der Waals surface area contributed by atoms with E-state index in [1.807, 2.05) is 0 Å². The number of benzene rings is 1. The van der Waals surface area contributed by atoms with Gasteiger partial charge in [-0.2, -0.15) is 0 Å². The van der Waals surface area contributed by atoms with Crippen molar-refractivity contribution in [1.82, 2.24) is 9.97 Å². The Morgan fingerprint density at radius 2 is 2.08 bits per heavy atom. The molecule has 0 atom stereocenters. The van der Waals surface area contributed by atoms with Gasteiger partial charge in [-0.25, -0.2) is 14.8 Å². The highest BCUT2D eigenvalue weighted by Gasteiger charge is 2.27. The molecule has 0 bridgehead atoms. The van der Waals surface area contributed by atoms with Gasteiger partial charge in [0.15, 0.2) is 0 Å². The summed E-state index contributed by atoms with van der Waals surface area (Å²) in [6.45, 7) is 4.16. The summed E-state index contributed by atoms with van der Waals surface area (Å²) in [4.78, 5) is 20.4. The maximum atomic E-state index is 12.3. The average Bonchev–Trinajstić information content (AvgIpc) is 2.53. The summed E-state index contributed by atoms with van der Waals surface area (Å²) in [6.07, 6.45) is 2.24. The molecule has 0 spiro atoms. The zero-order valence-electron chi connectivity index (χ0n) is 13.4. The Kier molecular flexibility index (Phi) is 6.28. The molecule has 5 nitrogen and oxygen atoms in total. The van der Waals surface area contributed by atoms with Crippen LogP contribution >= 0.6 is 45.8 Å². The van der Waals surface area contributed by atoms with Crippen LogP contribution in [0.15, 0.2) is 12.3 Å². The van der Waals surface area contributed by atoms with Gasteiger partial charge in [0.25, 0.3) is 0 Å². The van der Waals surface area contributed by atoms with E-state index >= 15 is 0 Å². The molecule has 1 aromatic carbocycles. The maximum absolute atomic E-state index is 12.3. The van der Waals surface area contributed by atoms with E-state index in [-0.39, 0.29) is 15.9 Å². The monoisotopic (exact) mass is 479 g/mol. The van der Waals surface area contributed by atoms with Crippen LogP contribution in [-0.4, -0.2) is 23.0 Å². The second-order valence-corrected chi connectivity index (χ2v) is 7.37. The minimum atomic E-state index is -0.578. The average molecular weight is 480 g/mol. The highest BCUT2D eigenvalue weighted by atomic mass is 127. The minimum absolute atomic E-state index is 0.0810. The molecule has 0 amide bonds. The summed E-state index contributed by atoms with van der Waals surface area (Å²) in [5, 5.41) is 0.250. The normalized spacial score (nSPS) is 11.0. The molecular formula is C16H16Cl2IN3O2. The number of carbonyl (C=O) groups is 1. The van der Waals surface area contributed by atoms with Gasteiger partial charge in [0.2, 0.25) is 5.28 Å². The number of anilines is 1. The second kappa shape index (κ2) is 7.84. The van der Waals surface area contributed by atoms with E-state index in [1.54, 1.807) is 6.07 Å². The van der Waals surface area contributed by atoms with Crippen LogP contribution in [0.1, 0.15) is 29.8 Å². The summed E-state index contributed by atoms with van der Waals surface area (Å²) in [7, 11) is 1.29. The predicted octanol–water partition coefficient (Wildman–Crippen LogP) is 4.62. The first-order valence-corrected chi connectivity index (χ1v) is 8.97. The van der Waals surface area contributed by atoms with Crippen LogP contribution in [-0.2, 0) is 11.2 Å². The number of nitrogens with zero attached hydrogens (tertiary/aromatic N) is 2. The fourth-order valence-electron chi connectivity index (χ4n) is 2.37.